The van der Waals surface area contributed by atoms with Crippen molar-refractivity contribution < 1.29 is 14.3 Å². The van der Waals surface area contributed by atoms with Crippen molar-refractivity contribution in [3.63, 3.8) is 0 Å². The lowest BCUT2D eigenvalue weighted by Gasteiger charge is -2.08. The van der Waals surface area contributed by atoms with Crippen molar-refractivity contribution in [2.45, 2.75) is 13.3 Å². The van der Waals surface area contributed by atoms with Crippen LogP contribution in [-0.2, 0) is 0 Å². The van der Waals surface area contributed by atoms with Crippen LogP contribution in [0.2, 0.25) is 0 Å². The van der Waals surface area contributed by atoms with Crippen molar-refractivity contribution in [2.24, 2.45) is 0 Å². The number of methoxy groups -OCH3 is 1. The zero-order chi connectivity index (χ0) is 14.5. The van der Waals surface area contributed by atoms with E-state index in [4.69, 9.17) is 9.47 Å². The molecule has 5 heteroatoms. The summed E-state index contributed by atoms with van der Waals surface area (Å²) >= 11 is 4.82. The number of carbonyl (C=O) groups is 1. The van der Waals surface area contributed by atoms with Crippen LogP contribution in [0.4, 0.5) is 0 Å². The molecule has 3 nitrogen and oxygen atoms in total. The van der Waals surface area contributed by atoms with Gasteiger partial charge in [0.05, 0.1) is 18.2 Å². The highest BCUT2D eigenvalue weighted by atomic mass is 79.9. The number of halogens is 1. The molecule has 0 saturated heterocycles. The number of ketones is 1. The highest BCUT2D eigenvalue weighted by Crippen LogP contribution is 2.31. The Kier molecular flexibility index (Phi) is 5.20. The third kappa shape index (κ3) is 3.22. The first-order valence-electron chi connectivity index (χ1n) is 6.26. The van der Waals surface area contributed by atoms with Crippen LogP contribution in [-0.4, -0.2) is 19.5 Å². The molecule has 0 radical (unpaired) electrons. The van der Waals surface area contributed by atoms with Gasteiger partial charge in [-0.15, -0.1) is 11.3 Å². The summed E-state index contributed by atoms with van der Waals surface area (Å²) in [6.07, 6.45) is 0.944. The van der Waals surface area contributed by atoms with Crippen LogP contribution in [0.1, 0.15) is 28.6 Å². The standard InChI is InChI=1S/C15H15BrO3S/c1-3-7-19-12-5-4-10(9-11(12)16)14(17)15-13(18-2)6-8-20-15/h4-6,8-9H,3,7H2,1-2H3. The molecule has 0 unspecified atom stereocenters. The largest absolute Gasteiger partial charge is 0.495 e. The van der Waals surface area contributed by atoms with Crippen molar-refractivity contribution >= 4 is 33.0 Å². The Balaban J connectivity index is 2.25. The Hall–Kier alpha value is -1.33. The quantitative estimate of drug-likeness (QED) is 0.714. The van der Waals surface area contributed by atoms with Crippen molar-refractivity contribution in [1.29, 1.82) is 0 Å². The Morgan fingerprint density at radius 1 is 1.30 bits per heavy atom. The van der Waals surface area contributed by atoms with Crippen molar-refractivity contribution in [1.82, 2.24) is 0 Å². The van der Waals surface area contributed by atoms with Crippen LogP contribution in [0.25, 0.3) is 0 Å². The highest BCUT2D eigenvalue weighted by Gasteiger charge is 2.17. The van der Waals surface area contributed by atoms with Crippen LogP contribution in [0, 0.1) is 0 Å². The molecule has 0 N–H and O–H groups in total. The maximum Gasteiger partial charge on any atom is 0.206 e. The number of rotatable bonds is 6. The third-order valence-corrected chi connectivity index (χ3v) is 4.23. The van der Waals surface area contributed by atoms with Gasteiger partial charge in [0.2, 0.25) is 5.78 Å². The Morgan fingerprint density at radius 3 is 2.75 bits per heavy atom. The molecule has 2 rings (SSSR count). The van der Waals surface area contributed by atoms with E-state index in [0.717, 1.165) is 16.6 Å². The fraction of sp³-hybridized carbons (Fsp3) is 0.267. The highest BCUT2D eigenvalue weighted by molar-refractivity contribution is 9.10. The van der Waals surface area contributed by atoms with Gasteiger partial charge in [0.15, 0.2) is 0 Å². The molecule has 0 aliphatic rings. The second-order valence-corrected chi connectivity index (χ2v) is 5.91. The van der Waals surface area contributed by atoms with Gasteiger partial charge in [0.25, 0.3) is 0 Å². The lowest BCUT2D eigenvalue weighted by atomic mass is 10.1. The van der Waals surface area contributed by atoms with Gasteiger partial charge in [-0.3, -0.25) is 4.79 Å². The van der Waals surface area contributed by atoms with E-state index >= 15 is 0 Å². The SMILES string of the molecule is CCCOc1ccc(C(=O)c2sccc2OC)cc1Br. The molecule has 1 heterocycles. The summed E-state index contributed by atoms with van der Waals surface area (Å²) < 4.78 is 11.5. The fourth-order valence-electron chi connectivity index (χ4n) is 1.73. The molecule has 0 aliphatic heterocycles. The molecular formula is C15H15BrO3S. The molecule has 1 aromatic heterocycles. The normalized spacial score (nSPS) is 10.3. The molecule has 1 aromatic carbocycles. The number of benzene rings is 1. The summed E-state index contributed by atoms with van der Waals surface area (Å²) in [6.45, 7) is 2.71. The van der Waals surface area contributed by atoms with Gasteiger partial charge in [-0.2, -0.15) is 0 Å². The van der Waals surface area contributed by atoms with Crippen LogP contribution in [0.5, 0.6) is 11.5 Å². The average molecular weight is 355 g/mol. The molecule has 2 aromatic rings. The maximum atomic E-state index is 12.4. The molecule has 0 spiro atoms. The zero-order valence-corrected chi connectivity index (χ0v) is 13.7. The number of carbonyl (C=O) groups excluding carboxylic acids is 1. The summed E-state index contributed by atoms with van der Waals surface area (Å²) in [5, 5.41) is 1.85. The summed E-state index contributed by atoms with van der Waals surface area (Å²) in [5.41, 5.74) is 0.612. The Bertz CT molecular complexity index is 607. The minimum Gasteiger partial charge on any atom is -0.495 e. The van der Waals surface area contributed by atoms with E-state index in [1.807, 2.05) is 11.4 Å². The zero-order valence-electron chi connectivity index (χ0n) is 11.3. The number of ether oxygens (including phenoxy) is 2. The van der Waals surface area contributed by atoms with E-state index in [0.29, 0.717) is 22.8 Å². The smallest absolute Gasteiger partial charge is 0.206 e. The van der Waals surface area contributed by atoms with Gasteiger partial charge >= 0.3 is 0 Å². The summed E-state index contributed by atoms with van der Waals surface area (Å²) in [7, 11) is 1.57. The van der Waals surface area contributed by atoms with Crippen LogP contribution in [0.3, 0.4) is 0 Å². The predicted molar refractivity (Wildman–Crippen MR) is 84.2 cm³/mol. The topological polar surface area (TPSA) is 35.5 Å². The molecular weight excluding hydrogens is 340 g/mol. The van der Waals surface area contributed by atoms with E-state index in [-0.39, 0.29) is 5.78 Å². The van der Waals surface area contributed by atoms with E-state index in [1.165, 1.54) is 11.3 Å². The molecule has 20 heavy (non-hydrogen) atoms. The van der Waals surface area contributed by atoms with Crippen molar-refractivity contribution in [2.75, 3.05) is 13.7 Å². The van der Waals surface area contributed by atoms with Crippen molar-refractivity contribution in [3.8, 4) is 11.5 Å². The first-order valence-corrected chi connectivity index (χ1v) is 7.93. The van der Waals surface area contributed by atoms with Crippen LogP contribution in [0.15, 0.2) is 34.1 Å². The molecule has 0 saturated carbocycles. The summed E-state index contributed by atoms with van der Waals surface area (Å²) in [5.74, 6) is 1.32. The average Bonchev–Trinajstić information content (AvgIpc) is 2.93. The van der Waals surface area contributed by atoms with Crippen LogP contribution >= 0.6 is 27.3 Å². The predicted octanol–water partition coefficient (Wildman–Crippen LogP) is 4.54. The lowest BCUT2D eigenvalue weighted by molar-refractivity contribution is 0.104. The monoisotopic (exact) mass is 354 g/mol. The molecule has 0 fully saturated rings. The first-order chi connectivity index (χ1) is 9.67. The van der Waals surface area contributed by atoms with Gasteiger partial charge in [0, 0.05) is 5.56 Å². The van der Waals surface area contributed by atoms with Crippen molar-refractivity contribution in [3.05, 3.63) is 44.6 Å². The molecule has 0 bridgehead atoms. The number of hydrogen-bond acceptors (Lipinski definition) is 4. The number of thiophene rings is 1. The van der Waals surface area contributed by atoms with Gasteiger partial charge < -0.3 is 9.47 Å². The Morgan fingerprint density at radius 2 is 2.10 bits per heavy atom. The van der Waals surface area contributed by atoms with Gasteiger partial charge in [-0.1, -0.05) is 6.92 Å². The maximum absolute atomic E-state index is 12.4. The summed E-state index contributed by atoms with van der Waals surface area (Å²) in [6, 6.07) is 7.17. The first kappa shape index (κ1) is 15.1. The molecule has 106 valence electrons. The second-order valence-electron chi connectivity index (χ2n) is 4.14. The van der Waals surface area contributed by atoms with Gasteiger partial charge in [-0.05, 0) is 52.0 Å². The summed E-state index contributed by atoms with van der Waals surface area (Å²) in [4.78, 5) is 13.0. The third-order valence-electron chi connectivity index (χ3n) is 2.71. The van der Waals surface area contributed by atoms with E-state index in [9.17, 15) is 4.79 Å². The Labute approximate surface area is 130 Å². The van der Waals surface area contributed by atoms with Gasteiger partial charge in [0.1, 0.15) is 16.4 Å². The van der Waals surface area contributed by atoms with E-state index in [2.05, 4.69) is 22.9 Å². The van der Waals surface area contributed by atoms with Gasteiger partial charge in [-0.25, -0.2) is 0 Å². The molecule has 0 aliphatic carbocycles. The lowest BCUT2D eigenvalue weighted by Crippen LogP contribution is -2.02. The van der Waals surface area contributed by atoms with E-state index < -0.39 is 0 Å². The van der Waals surface area contributed by atoms with E-state index in [1.54, 1.807) is 25.3 Å². The fourth-order valence-corrected chi connectivity index (χ4v) is 3.04. The van der Waals surface area contributed by atoms with Crippen LogP contribution < -0.4 is 9.47 Å². The second kappa shape index (κ2) is 6.90. The molecule has 0 atom stereocenters. The molecule has 0 amide bonds. The number of hydrogen-bond donors (Lipinski definition) is 0. The minimum atomic E-state index is -0.0420. The minimum absolute atomic E-state index is 0.0420.